The molecule has 0 aromatic carbocycles. The number of hydrogen-bond donors (Lipinski definition) is 1. The first-order chi connectivity index (χ1) is 10.1. The monoisotopic (exact) mass is 293 g/mol. The summed E-state index contributed by atoms with van der Waals surface area (Å²) in [6.45, 7) is 4.74. The van der Waals surface area contributed by atoms with Crippen molar-refractivity contribution in [1.29, 1.82) is 0 Å². The van der Waals surface area contributed by atoms with E-state index < -0.39 is 0 Å². The number of ether oxygens (including phenoxy) is 1. The number of aliphatic hydroxyl groups excluding tert-OH is 1. The normalized spacial score (nSPS) is 27.1. The van der Waals surface area contributed by atoms with Gasteiger partial charge in [0.2, 0.25) is 0 Å². The fraction of sp³-hybridized carbons (Fsp3) is 0.714. The Labute approximate surface area is 125 Å². The molecule has 21 heavy (non-hydrogen) atoms. The zero-order valence-electron chi connectivity index (χ0n) is 12.6. The Hall–Kier alpha value is -1.44. The van der Waals surface area contributed by atoms with Gasteiger partial charge in [-0.05, 0) is 12.1 Å². The van der Waals surface area contributed by atoms with Crippen molar-refractivity contribution in [3.63, 3.8) is 0 Å². The van der Waals surface area contributed by atoms with Crippen molar-refractivity contribution in [3.05, 3.63) is 12.1 Å². The molecule has 2 atom stereocenters. The van der Waals surface area contributed by atoms with Crippen LogP contribution in [-0.4, -0.2) is 85.8 Å². The van der Waals surface area contributed by atoms with Crippen LogP contribution in [0.25, 0.3) is 0 Å². The van der Waals surface area contributed by atoms with E-state index in [1.165, 1.54) is 0 Å². The molecule has 116 valence electrons. The minimum atomic E-state index is -0.351. The van der Waals surface area contributed by atoms with Crippen LogP contribution in [0.1, 0.15) is 0 Å². The molecule has 1 N–H and O–H groups in total. The van der Waals surface area contributed by atoms with Gasteiger partial charge in [0.25, 0.3) is 0 Å². The Morgan fingerprint density at radius 1 is 1.14 bits per heavy atom. The van der Waals surface area contributed by atoms with Gasteiger partial charge in [0, 0.05) is 40.3 Å². The first-order valence-corrected chi connectivity index (χ1v) is 7.41. The molecule has 3 heterocycles. The summed E-state index contributed by atoms with van der Waals surface area (Å²) in [4.78, 5) is 6.50. The lowest BCUT2D eigenvalue weighted by Gasteiger charge is -2.38. The highest BCUT2D eigenvalue weighted by Crippen LogP contribution is 2.19. The Kier molecular flexibility index (Phi) is 4.23. The smallest absolute Gasteiger partial charge is 0.151 e. The molecule has 0 radical (unpaired) electrons. The number of anilines is 2. The van der Waals surface area contributed by atoms with Gasteiger partial charge in [0.05, 0.1) is 25.4 Å². The number of aromatic nitrogens is 2. The molecule has 1 aromatic rings. The molecule has 2 aliphatic rings. The van der Waals surface area contributed by atoms with Crippen molar-refractivity contribution in [2.45, 2.75) is 12.1 Å². The van der Waals surface area contributed by atoms with Crippen LogP contribution in [0.4, 0.5) is 11.6 Å². The van der Waals surface area contributed by atoms with Gasteiger partial charge >= 0.3 is 0 Å². The highest BCUT2D eigenvalue weighted by Gasteiger charge is 2.33. The lowest BCUT2D eigenvalue weighted by Crippen LogP contribution is -2.53. The zero-order chi connectivity index (χ0) is 14.8. The average molecular weight is 293 g/mol. The third-order valence-electron chi connectivity index (χ3n) is 4.22. The molecule has 7 heteroatoms. The van der Waals surface area contributed by atoms with E-state index in [9.17, 15) is 5.11 Å². The van der Waals surface area contributed by atoms with Gasteiger partial charge in [0.1, 0.15) is 0 Å². The summed E-state index contributed by atoms with van der Waals surface area (Å²) in [7, 11) is 3.91. The molecular formula is C14H23N5O2. The Morgan fingerprint density at radius 3 is 2.43 bits per heavy atom. The number of nitrogens with zero attached hydrogens (tertiary/aromatic N) is 5. The van der Waals surface area contributed by atoms with Crippen LogP contribution in [0.5, 0.6) is 0 Å². The van der Waals surface area contributed by atoms with Crippen molar-refractivity contribution in [2.75, 3.05) is 63.3 Å². The van der Waals surface area contributed by atoms with E-state index in [4.69, 9.17) is 4.74 Å². The molecule has 2 fully saturated rings. The summed E-state index contributed by atoms with van der Waals surface area (Å²) in [6, 6.07) is 4.16. The van der Waals surface area contributed by atoms with Crippen LogP contribution < -0.4 is 9.80 Å². The van der Waals surface area contributed by atoms with Crippen LogP contribution in [0.2, 0.25) is 0 Å². The summed E-state index contributed by atoms with van der Waals surface area (Å²) < 4.78 is 5.34. The van der Waals surface area contributed by atoms with Gasteiger partial charge in [-0.3, -0.25) is 4.90 Å². The van der Waals surface area contributed by atoms with E-state index in [0.717, 1.165) is 37.8 Å². The molecule has 0 spiro atoms. The number of rotatable bonds is 3. The SMILES string of the molecule is CN(C)c1ccc(N2CCN(C3COCC3O)CC2)nn1. The molecule has 7 nitrogen and oxygen atoms in total. The molecular weight excluding hydrogens is 270 g/mol. The number of hydrogen-bond acceptors (Lipinski definition) is 7. The van der Waals surface area contributed by atoms with Crippen molar-refractivity contribution in [1.82, 2.24) is 15.1 Å². The van der Waals surface area contributed by atoms with Crippen LogP contribution in [0, 0.1) is 0 Å². The summed E-state index contributed by atoms with van der Waals surface area (Å²) in [5.41, 5.74) is 0. The maximum Gasteiger partial charge on any atom is 0.151 e. The topological polar surface area (TPSA) is 65.0 Å². The van der Waals surface area contributed by atoms with Gasteiger partial charge < -0.3 is 19.6 Å². The predicted molar refractivity (Wildman–Crippen MR) is 80.8 cm³/mol. The third kappa shape index (κ3) is 3.09. The molecule has 0 amide bonds. The second-order valence-electron chi connectivity index (χ2n) is 5.84. The van der Waals surface area contributed by atoms with E-state index in [-0.39, 0.29) is 12.1 Å². The van der Waals surface area contributed by atoms with Gasteiger partial charge in [-0.15, -0.1) is 10.2 Å². The van der Waals surface area contributed by atoms with Crippen LogP contribution in [-0.2, 0) is 4.74 Å². The van der Waals surface area contributed by atoms with E-state index in [0.29, 0.717) is 13.2 Å². The van der Waals surface area contributed by atoms with E-state index in [1.54, 1.807) is 0 Å². The maximum atomic E-state index is 9.90. The van der Waals surface area contributed by atoms with Crippen LogP contribution >= 0.6 is 0 Å². The van der Waals surface area contributed by atoms with Gasteiger partial charge in [0.15, 0.2) is 11.6 Å². The maximum absolute atomic E-state index is 9.90. The fourth-order valence-corrected chi connectivity index (χ4v) is 2.89. The molecule has 2 unspecified atom stereocenters. The standard InChI is InChI=1S/C14H23N5O2/c1-17(2)13-3-4-14(16-15-13)19-7-5-18(6-8-19)11-9-21-10-12(11)20/h3-4,11-12,20H,5-10H2,1-2H3. The molecule has 2 aliphatic heterocycles. The largest absolute Gasteiger partial charge is 0.389 e. The second-order valence-corrected chi connectivity index (χ2v) is 5.84. The van der Waals surface area contributed by atoms with Gasteiger partial charge in [-0.2, -0.15) is 0 Å². The molecule has 1 aromatic heterocycles. The van der Waals surface area contributed by atoms with Crippen LogP contribution in [0.3, 0.4) is 0 Å². The quantitative estimate of drug-likeness (QED) is 0.800. The summed E-state index contributed by atoms with van der Waals surface area (Å²) in [6.07, 6.45) is -0.351. The minimum Gasteiger partial charge on any atom is -0.389 e. The summed E-state index contributed by atoms with van der Waals surface area (Å²) >= 11 is 0. The zero-order valence-corrected chi connectivity index (χ0v) is 12.6. The first kappa shape index (κ1) is 14.5. The number of aliphatic hydroxyl groups is 1. The second kappa shape index (κ2) is 6.13. The van der Waals surface area contributed by atoms with Crippen molar-refractivity contribution < 1.29 is 9.84 Å². The Balaban J connectivity index is 1.58. The van der Waals surface area contributed by atoms with Crippen molar-refractivity contribution in [3.8, 4) is 0 Å². The Morgan fingerprint density at radius 2 is 1.90 bits per heavy atom. The molecule has 3 rings (SSSR count). The van der Waals surface area contributed by atoms with Gasteiger partial charge in [-0.1, -0.05) is 0 Å². The van der Waals surface area contributed by atoms with E-state index in [1.807, 2.05) is 31.1 Å². The summed E-state index contributed by atoms with van der Waals surface area (Å²) in [5, 5.41) is 18.4. The fourth-order valence-electron chi connectivity index (χ4n) is 2.89. The molecule has 2 saturated heterocycles. The first-order valence-electron chi connectivity index (χ1n) is 7.41. The average Bonchev–Trinajstić information content (AvgIpc) is 2.94. The van der Waals surface area contributed by atoms with E-state index >= 15 is 0 Å². The third-order valence-corrected chi connectivity index (χ3v) is 4.22. The lowest BCUT2D eigenvalue weighted by atomic mass is 10.1. The lowest BCUT2D eigenvalue weighted by molar-refractivity contribution is 0.0784. The molecule has 0 aliphatic carbocycles. The van der Waals surface area contributed by atoms with Gasteiger partial charge in [-0.25, -0.2) is 0 Å². The van der Waals surface area contributed by atoms with Crippen molar-refractivity contribution >= 4 is 11.6 Å². The highest BCUT2D eigenvalue weighted by molar-refractivity contribution is 5.44. The summed E-state index contributed by atoms with van der Waals surface area (Å²) in [5.74, 6) is 1.78. The minimum absolute atomic E-state index is 0.148. The van der Waals surface area contributed by atoms with E-state index in [2.05, 4.69) is 20.0 Å². The Bertz CT molecular complexity index is 459. The molecule has 0 saturated carbocycles. The van der Waals surface area contributed by atoms with Crippen molar-refractivity contribution in [2.24, 2.45) is 0 Å². The predicted octanol–water partition coefficient (Wildman–Crippen LogP) is -0.576. The van der Waals surface area contributed by atoms with Crippen LogP contribution in [0.15, 0.2) is 12.1 Å². The number of piperazine rings is 1. The highest BCUT2D eigenvalue weighted by atomic mass is 16.5. The molecule has 0 bridgehead atoms.